The van der Waals surface area contributed by atoms with Gasteiger partial charge in [0.15, 0.2) is 0 Å². The van der Waals surface area contributed by atoms with E-state index in [9.17, 15) is 19.5 Å². The average Bonchev–Trinajstić information content (AvgIpc) is 2.73. The summed E-state index contributed by atoms with van der Waals surface area (Å²) in [5, 5.41) is 13.9. The number of hydrogen-bond acceptors (Lipinski definition) is 5. The van der Waals surface area contributed by atoms with Gasteiger partial charge in [-0.05, 0) is 74.9 Å². The van der Waals surface area contributed by atoms with Crippen LogP contribution in [0.4, 0.5) is 0 Å². The third-order valence-electron chi connectivity index (χ3n) is 5.52. The topological polar surface area (TPSA) is 125 Å². The van der Waals surface area contributed by atoms with Gasteiger partial charge in [0, 0.05) is 13.3 Å². The Labute approximate surface area is 201 Å². The van der Waals surface area contributed by atoms with Crippen LogP contribution >= 0.6 is 0 Å². The maximum Gasteiger partial charge on any atom is 0.241 e. The number of nitrogens with two attached hydrogens (primary N) is 1. The molecule has 1 atom stereocenters. The summed E-state index contributed by atoms with van der Waals surface area (Å²) >= 11 is 0. The van der Waals surface area contributed by atoms with E-state index < -0.39 is 11.6 Å². The maximum atomic E-state index is 12.9. The first-order chi connectivity index (χ1) is 15.9. The van der Waals surface area contributed by atoms with Crippen LogP contribution in [-0.4, -0.2) is 46.0 Å². The quantitative estimate of drug-likeness (QED) is 0.420. The van der Waals surface area contributed by atoms with Crippen LogP contribution in [0.2, 0.25) is 0 Å². The van der Waals surface area contributed by atoms with Gasteiger partial charge in [0.25, 0.3) is 0 Å². The molecule has 5 N–H and O–H groups in total. The summed E-state index contributed by atoms with van der Waals surface area (Å²) in [7, 11) is 0. The fourth-order valence-electron chi connectivity index (χ4n) is 3.88. The lowest BCUT2D eigenvalue weighted by atomic mass is 9.95. The minimum atomic E-state index is -0.849. The number of hydrazine groups is 1. The van der Waals surface area contributed by atoms with Gasteiger partial charge in [0.1, 0.15) is 5.75 Å². The van der Waals surface area contributed by atoms with Gasteiger partial charge in [-0.25, -0.2) is 0 Å². The lowest BCUT2D eigenvalue weighted by Crippen LogP contribution is -2.59. The van der Waals surface area contributed by atoms with Gasteiger partial charge in [0.2, 0.25) is 17.7 Å². The summed E-state index contributed by atoms with van der Waals surface area (Å²) in [6.45, 7) is 8.69. The van der Waals surface area contributed by atoms with Crippen LogP contribution in [0.5, 0.6) is 5.75 Å². The van der Waals surface area contributed by atoms with Gasteiger partial charge >= 0.3 is 0 Å². The first-order valence-electron chi connectivity index (χ1n) is 11.4. The third kappa shape index (κ3) is 8.19. The van der Waals surface area contributed by atoms with Crippen molar-refractivity contribution in [3.63, 3.8) is 0 Å². The molecular weight excluding hydrogens is 432 g/mol. The van der Waals surface area contributed by atoms with E-state index in [1.807, 2.05) is 44.2 Å². The van der Waals surface area contributed by atoms with E-state index >= 15 is 0 Å². The van der Waals surface area contributed by atoms with Crippen molar-refractivity contribution in [2.45, 2.75) is 65.5 Å². The molecule has 0 spiro atoms. The first-order valence-corrected chi connectivity index (χ1v) is 11.4. The number of rotatable bonds is 9. The zero-order chi connectivity index (χ0) is 25.5. The average molecular weight is 469 g/mol. The molecule has 0 saturated carbocycles. The number of aryl methyl sites for hydroxylation is 3. The van der Waals surface area contributed by atoms with Crippen molar-refractivity contribution >= 4 is 17.7 Å². The first kappa shape index (κ1) is 26.9. The summed E-state index contributed by atoms with van der Waals surface area (Å²) in [6.07, 6.45) is 1.07. The van der Waals surface area contributed by atoms with E-state index in [-0.39, 0.29) is 36.4 Å². The molecule has 0 fully saturated rings. The predicted molar refractivity (Wildman–Crippen MR) is 132 cm³/mol. The van der Waals surface area contributed by atoms with Crippen LogP contribution in [0.1, 0.15) is 49.4 Å². The second-order valence-electron chi connectivity index (χ2n) is 9.38. The van der Waals surface area contributed by atoms with Crippen molar-refractivity contribution in [2.75, 3.05) is 6.54 Å². The van der Waals surface area contributed by atoms with Gasteiger partial charge < -0.3 is 16.2 Å². The van der Waals surface area contributed by atoms with Crippen LogP contribution in [-0.2, 0) is 27.2 Å². The number of nitrogens with zero attached hydrogens (tertiary/aromatic N) is 1. The number of phenolic OH excluding ortho intramolecular Hbond substituents is 1. The molecule has 0 saturated heterocycles. The minimum Gasteiger partial charge on any atom is -0.508 e. The Hall–Kier alpha value is -3.39. The molecular formula is C26H36N4O4. The number of carbonyl (C=O) groups excluding carboxylic acids is 3. The summed E-state index contributed by atoms with van der Waals surface area (Å²) in [6, 6.07) is 12.1. The molecule has 0 radical (unpaired) electrons. The number of carbonyl (C=O) groups is 3. The number of aromatic hydroxyl groups is 1. The molecule has 8 heteroatoms. The highest BCUT2D eigenvalue weighted by Crippen LogP contribution is 2.22. The third-order valence-corrected chi connectivity index (χ3v) is 5.52. The molecule has 8 nitrogen and oxygen atoms in total. The predicted octanol–water partition coefficient (Wildman–Crippen LogP) is 2.29. The van der Waals surface area contributed by atoms with Crippen LogP contribution in [0.15, 0.2) is 42.5 Å². The summed E-state index contributed by atoms with van der Waals surface area (Å²) in [5.74, 6) is -0.810. The molecule has 2 aromatic rings. The van der Waals surface area contributed by atoms with E-state index in [0.717, 1.165) is 22.3 Å². The second kappa shape index (κ2) is 11.7. The fraction of sp³-hybridized carbons (Fsp3) is 0.423. The van der Waals surface area contributed by atoms with Crippen molar-refractivity contribution in [1.82, 2.24) is 15.8 Å². The lowest BCUT2D eigenvalue weighted by molar-refractivity contribution is -0.142. The van der Waals surface area contributed by atoms with E-state index in [1.54, 1.807) is 26.0 Å². The zero-order valence-corrected chi connectivity index (χ0v) is 20.6. The van der Waals surface area contributed by atoms with Crippen LogP contribution < -0.4 is 16.5 Å². The molecule has 2 rings (SSSR count). The van der Waals surface area contributed by atoms with Crippen molar-refractivity contribution in [1.29, 1.82) is 0 Å². The highest BCUT2D eigenvalue weighted by atomic mass is 16.3. The normalized spacial score (nSPS) is 12.1. The van der Waals surface area contributed by atoms with Gasteiger partial charge in [-0.1, -0.05) is 30.3 Å². The van der Waals surface area contributed by atoms with Crippen molar-refractivity contribution in [3.8, 4) is 5.75 Å². The molecule has 0 aliphatic heterocycles. The molecule has 0 aliphatic carbocycles. The van der Waals surface area contributed by atoms with Crippen LogP contribution in [0.3, 0.4) is 0 Å². The number of benzene rings is 2. The monoisotopic (exact) mass is 468 g/mol. The van der Waals surface area contributed by atoms with E-state index in [2.05, 4.69) is 10.7 Å². The SMILES string of the molecule is CC(=O)NN(CC(C)(C)NC(=O)[C@@H](N)Cc1c(C)cc(O)cc1C)C(=O)CCc1ccccc1. The molecule has 0 heterocycles. The number of amides is 3. The summed E-state index contributed by atoms with van der Waals surface area (Å²) in [5.41, 5.74) is 11.6. The van der Waals surface area contributed by atoms with Gasteiger partial charge in [0.05, 0.1) is 18.1 Å². The largest absolute Gasteiger partial charge is 0.508 e. The van der Waals surface area contributed by atoms with Crippen molar-refractivity contribution in [3.05, 3.63) is 64.7 Å². The molecule has 0 aromatic heterocycles. The Bertz CT molecular complexity index is 998. The molecule has 184 valence electrons. The number of hydrogen-bond donors (Lipinski definition) is 4. The molecule has 0 aliphatic rings. The van der Waals surface area contributed by atoms with Gasteiger partial charge in [-0.2, -0.15) is 0 Å². The van der Waals surface area contributed by atoms with Crippen molar-refractivity contribution in [2.24, 2.45) is 5.73 Å². The van der Waals surface area contributed by atoms with Crippen molar-refractivity contribution < 1.29 is 19.5 Å². The number of nitrogens with one attached hydrogen (secondary N) is 2. The fourth-order valence-corrected chi connectivity index (χ4v) is 3.88. The van der Waals surface area contributed by atoms with E-state index in [0.29, 0.717) is 12.8 Å². The Balaban J connectivity index is 2.02. The highest BCUT2D eigenvalue weighted by molar-refractivity contribution is 5.83. The Kier molecular flexibility index (Phi) is 9.20. The maximum absolute atomic E-state index is 12.9. The van der Waals surface area contributed by atoms with Gasteiger partial charge in [-0.3, -0.25) is 24.8 Å². The summed E-state index contributed by atoms with van der Waals surface area (Å²) in [4.78, 5) is 37.4. The molecule has 2 aromatic carbocycles. The second-order valence-corrected chi connectivity index (χ2v) is 9.38. The lowest BCUT2D eigenvalue weighted by Gasteiger charge is -2.34. The number of phenols is 1. The Morgan fingerprint density at radius 2 is 1.68 bits per heavy atom. The standard InChI is InChI=1S/C26H36N4O4/c1-17-13-21(32)14-18(2)22(17)15-23(27)25(34)28-26(4,5)16-30(29-19(3)31)24(33)12-11-20-9-7-6-8-10-20/h6-10,13-14,23,32H,11-12,15-16,27H2,1-5H3,(H,28,34)(H,29,31)/t23-/m0/s1. The van der Waals surface area contributed by atoms with E-state index in [1.165, 1.54) is 11.9 Å². The van der Waals surface area contributed by atoms with Gasteiger partial charge in [-0.15, -0.1) is 0 Å². The Morgan fingerprint density at radius 3 is 2.24 bits per heavy atom. The molecule has 0 bridgehead atoms. The smallest absolute Gasteiger partial charge is 0.241 e. The summed E-state index contributed by atoms with van der Waals surface area (Å²) < 4.78 is 0. The van der Waals surface area contributed by atoms with Crippen LogP contribution in [0, 0.1) is 13.8 Å². The zero-order valence-electron chi connectivity index (χ0n) is 20.6. The van der Waals surface area contributed by atoms with E-state index in [4.69, 9.17) is 5.73 Å². The minimum absolute atomic E-state index is 0.0793. The highest BCUT2D eigenvalue weighted by Gasteiger charge is 2.29. The molecule has 34 heavy (non-hydrogen) atoms. The Morgan fingerprint density at radius 1 is 1.09 bits per heavy atom. The van der Waals surface area contributed by atoms with Crippen LogP contribution in [0.25, 0.3) is 0 Å². The molecule has 0 unspecified atom stereocenters. The molecule has 3 amide bonds.